The summed E-state index contributed by atoms with van der Waals surface area (Å²) >= 11 is 5.95. The van der Waals surface area contributed by atoms with Gasteiger partial charge in [0.25, 0.3) is 0 Å². The van der Waals surface area contributed by atoms with Gasteiger partial charge in [-0.2, -0.15) is 0 Å². The van der Waals surface area contributed by atoms with Crippen molar-refractivity contribution in [1.82, 2.24) is 9.97 Å². The molecule has 0 bridgehead atoms. The van der Waals surface area contributed by atoms with Crippen molar-refractivity contribution in [3.63, 3.8) is 0 Å². The lowest BCUT2D eigenvalue weighted by atomic mass is 9.97. The molecule has 7 heteroatoms. The summed E-state index contributed by atoms with van der Waals surface area (Å²) in [6.07, 6.45) is 2.23. The Kier molecular flexibility index (Phi) is 3.99. The number of carbonyl (C=O) groups excluding carboxylic acids is 2. The molecular weight excluding hydrogens is 268 g/mol. The average molecular weight is 283 g/mol. The molecule has 6 nitrogen and oxygen atoms in total. The van der Waals surface area contributed by atoms with Crippen molar-refractivity contribution in [2.75, 3.05) is 18.0 Å². The molecule has 1 atom stereocenters. The smallest absolute Gasteiger partial charge is 0.222 e. The number of piperidine rings is 1. The molecule has 19 heavy (non-hydrogen) atoms. The van der Waals surface area contributed by atoms with Crippen LogP contribution in [0.4, 0.5) is 5.82 Å². The van der Waals surface area contributed by atoms with Crippen LogP contribution in [0.5, 0.6) is 0 Å². The highest BCUT2D eigenvalue weighted by atomic mass is 35.5. The predicted octanol–water partition coefficient (Wildman–Crippen LogP) is 0.953. The molecule has 0 radical (unpaired) electrons. The van der Waals surface area contributed by atoms with Gasteiger partial charge in [-0.25, -0.2) is 9.97 Å². The lowest BCUT2D eigenvalue weighted by Gasteiger charge is -2.32. The molecule has 1 aromatic heterocycles. The zero-order valence-electron chi connectivity index (χ0n) is 10.6. The molecular formula is C12H15ClN4O2. The van der Waals surface area contributed by atoms with Gasteiger partial charge >= 0.3 is 0 Å². The first-order chi connectivity index (χ1) is 9.02. The fourth-order valence-corrected chi connectivity index (χ4v) is 2.53. The minimum atomic E-state index is -0.325. The van der Waals surface area contributed by atoms with E-state index in [1.807, 2.05) is 4.90 Å². The number of hydrogen-bond donors (Lipinski definition) is 1. The van der Waals surface area contributed by atoms with Crippen molar-refractivity contribution in [2.45, 2.75) is 19.8 Å². The zero-order valence-corrected chi connectivity index (χ0v) is 11.4. The van der Waals surface area contributed by atoms with Gasteiger partial charge in [0.1, 0.15) is 16.8 Å². The molecule has 1 aliphatic heterocycles. The third-order valence-electron chi connectivity index (χ3n) is 3.23. The van der Waals surface area contributed by atoms with Gasteiger partial charge in [-0.3, -0.25) is 9.59 Å². The second kappa shape index (κ2) is 5.52. The molecule has 1 aliphatic rings. The topological polar surface area (TPSA) is 89.2 Å². The quantitative estimate of drug-likeness (QED) is 0.659. The molecule has 1 saturated heterocycles. The minimum Gasteiger partial charge on any atom is -0.369 e. The van der Waals surface area contributed by atoms with Crippen LogP contribution in [-0.4, -0.2) is 35.3 Å². The van der Waals surface area contributed by atoms with Gasteiger partial charge in [-0.15, -0.1) is 0 Å². The maximum atomic E-state index is 11.3. The number of nitrogens with two attached hydrogens (primary N) is 1. The van der Waals surface area contributed by atoms with E-state index in [2.05, 4.69) is 9.97 Å². The van der Waals surface area contributed by atoms with Gasteiger partial charge in [-0.1, -0.05) is 11.6 Å². The third kappa shape index (κ3) is 2.84. The van der Waals surface area contributed by atoms with Crippen molar-refractivity contribution >= 4 is 29.6 Å². The van der Waals surface area contributed by atoms with Crippen molar-refractivity contribution in [1.29, 1.82) is 0 Å². The Morgan fingerprint density at radius 1 is 1.53 bits per heavy atom. The summed E-state index contributed by atoms with van der Waals surface area (Å²) in [4.78, 5) is 32.5. The van der Waals surface area contributed by atoms with Crippen molar-refractivity contribution in [3.8, 4) is 0 Å². The summed E-state index contributed by atoms with van der Waals surface area (Å²) in [6.45, 7) is 2.89. The number of aldehydes is 1. The normalized spacial score (nSPS) is 19.3. The van der Waals surface area contributed by atoms with E-state index in [0.717, 1.165) is 19.4 Å². The second-order valence-corrected chi connectivity index (χ2v) is 4.96. The number of anilines is 1. The zero-order chi connectivity index (χ0) is 14.0. The van der Waals surface area contributed by atoms with Gasteiger partial charge in [-0.05, 0) is 19.8 Å². The average Bonchev–Trinajstić information content (AvgIpc) is 2.38. The van der Waals surface area contributed by atoms with Crippen LogP contribution in [0.1, 0.15) is 29.0 Å². The van der Waals surface area contributed by atoms with E-state index >= 15 is 0 Å². The number of aryl methyl sites for hydroxylation is 1. The van der Waals surface area contributed by atoms with Crippen LogP contribution < -0.4 is 10.6 Å². The highest BCUT2D eigenvalue weighted by Crippen LogP contribution is 2.27. The van der Waals surface area contributed by atoms with Crippen molar-refractivity contribution in [2.24, 2.45) is 11.7 Å². The molecule has 1 aromatic rings. The maximum absolute atomic E-state index is 11.3. The van der Waals surface area contributed by atoms with Crippen molar-refractivity contribution < 1.29 is 9.59 Å². The molecule has 2 rings (SSSR count). The Balaban J connectivity index is 2.35. The molecule has 0 spiro atoms. The number of amides is 1. The molecule has 0 aromatic carbocycles. The highest BCUT2D eigenvalue weighted by Gasteiger charge is 2.27. The largest absolute Gasteiger partial charge is 0.369 e. The fraction of sp³-hybridized carbons (Fsp3) is 0.500. The van der Waals surface area contributed by atoms with Crippen LogP contribution in [0.2, 0.25) is 5.15 Å². The van der Waals surface area contributed by atoms with Gasteiger partial charge in [0.05, 0.1) is 11.5 Å². The Labute approximate surface area is 116 Å². The van der Waals surface area contributed by atoms with E-state index in [-0.39, 0.29) is 22.5 Å². The summed E-state index contributed by atoms with van der Waals surface area (Å²) < 4.78 is 0. The molecule has 2 heterocycles. The van der Waals surface area contributed by atoms with Gasteiger partial charge < -0.3 is 10.6 Å². The summed E-state index contributed by atoms with van der Waals surface area (Å²) in [7, 11) is 0. The maximum Gasteiger partial charge on any atom is 0.222 e. The van der Waals surface area contributed by atoms with Gasteiger partial charge in [0, 0.05) is 13.1 Å². The molecule has 1 fully saturated rings. The monoisotopic (exact) mass is 282 g/mol. The summed E-state index contributed by atoms with van der Waals surface area (Å²) in [5.41, 5.74) is 5.61. The fourth-order valence-electron chi connectivity index (χ4n) is 2.28. The number of nitrogens with zero attached hydrogens (tertiary/aromatic N) is 3. The second-order valence-electron chi connectivity index (χ2n) is 4.60. The Morgan fingerprint density at radius 3 is 2.89 bits per heavy atom. The van der Waals surface area contributed by atoms with Crippen LogP contribution in [0, 0.1) is 12.8 Å². The highest BCUT2D eigenvalue weighted by molar-refractivity contribution is 6.32. The van der Waals surface area contributed by atoms with Crippen LogP contribution in [0.3, 0.4) is 0 Å². The summed E-state index contributed by atoms with van der Waals surface area (Å²) in [5.74, 6) is 0.432. The van der Waals surface area contributed by atoms with Crippen LogP contribution in [0.25, 0.3) is 0 Å². The van der Waals surface area contributed by atoms with E-state index in [4.69, 9.17) is 17.3 Å². The standard InChI is InChI=1S/C12H15ClN4O2/c1-7-15-10(13)9(6-18)12(16-7)17-4-2-3-8(5-17)11(14)19/h6,8H,2-5H2,1H3,(H2,14,19). The Morgan fingerprint density at radius 2 is 2.26 bits per heavy atom. The molecule has 1 unspecified atom stereocenters. The number of carbonyl (C=O) groups is 2. The van der Waals surface area contributed by atoms with Crippen LogP contribution >= 0.6 is 11.6 Å². The molecule has 1 amide bonds. The van der Waals surface area contributed by atoms with Gasteiger partial charge in [0.15, 0.2) is 6.29 Å². The van der Waals surface area contributed by atoms with Crippen LogP contribution in [-0.2, 0) is 4.79 Å². The lowest BCUT2D eigenvalue weighted by molar-refractivity contribution is -0.122. The third-order valence-corrected chi connectivity index (χ3v) is 3.52. The first-order valence-corrected chi connectivity index (χ1v) is 6.44. The number of hydrogen-bond acceptors (Lipinski definition) is 5. The number of rotatable bonds is 3. The lowest BCUT2D eigenvalue weighted by Crippen LogP contribution is -2.42. The van der Waals surface area contributed by atoms with Crippen LogP contribution in [0.15, 0.2) is 0 Å². The molecule has 2 N–H and O–H groups in total. The number of primary amides is 1. The summed E-state index contributed by atoms with van der Waals surface area (Å²) in [6, 6.07) is 0. The molecule has 0 aliphatic carbocycles. The summed E-state index contributed by atoms with van der Waals surface area (Å²) in [5, 5.41) is 0.138. The number of halogens is 1. The predicted molar refractivity (Wildman–Crippen MR) is 71.3 cm³/mol. The van der Waals surface area contributed by atoms with E-state index in [1.54, 1.807) is 6.92 Å². The van der Waals surface area contributed by atoms with Crippen molar-refractivity contribution in [3.05, 3.63) is 16.5 Å². The van der Waals surface area contributed by atoms with E-state index in [1.165, 1.54) is 0 Å². The van der Waals surface area contributed by atoms with E-state index in [9.17, 15) is 9.59 Å². The SMILES string of the molecule is Cc1nc(Cl)c(C=O)c(N2CCCC(C(N)=O)C2)n1. The minimum absolute atomic E-state index is 0.138. The number of aromatic nitrogens is 2. The molecule has 0 saturated carbocycles. The molecule has 102 valence electrons. The Bertz CT molecular complexity index is 521. The van der Waals surface area contributed by atoms with Gasteiger partial charge in [0.2, 0.25) is 5.91 Å². The van der Waals surface area contributed by atoms with E-state index < -0.39 is 0 Å². The first kappa shape index (κ1) is 13.7. The first-order valence-electron chi connectivity index (χ1n) is 6.06. The Hall–Kier alpha value is -1.69. The van der Waals surface area contributed by atoms with E-state index in [0.29, 0.717) is 24.5 Å².